The first-order chi connectivity index (χ1) is 8.74. The van der Waals surface area contributed by atoms with Gasteiger partial charge in [0.15, 0.2) is 0 Å². The molecule has 0 N–H and O–H groups in total. The predicted octanol–water partition coefficient (Wildman–Crippen LogP) is 2.67. The second-order valence-corrected chi connectivity index (χ2v) is 6.18. The van der Waals surface area contributed by atoms with E-state index in [0.29, 0.717) is 12.0 Å². The van der Waals surface area contributed by atoms with Gasteiger partial charge in [0, 0.05) is 19.7 Å². The van der Waals surface area contributed by atoms with Gasteiger partial charge in [-0.3, -0.25) is 4.90 Å². The minimum atomic E-state index is 0.252. The molecule has 0 aromatic carbocycles. The van der Waals surface area contributed by atoms with Crippen LogP contribution in [-0.2, 0) is 4.74 Å². The number of hydrogen-bond donors (Lipinski definition) is 0. The third-order valence-corrected chi connectivity index (χ3v) is 4.67. The molecule has 2 aliphatic rings. The van der Waals surface area contributed by atoms with E-state index < -0.39 is 0 Å². The molecule has 1 saturated carbocycles. The van der Waals surface area contributed by atoms with E-state index in [9.17, 15) is 5.26 Å². The predicted molar refractivity (Wildman–Crippen MR) is 72.1 cm³/mol. The summed E-state index contributed by atoms with van der Waals surface area (Å²) in [5.74, 6) is 1.70. The topological polar surface area (TPSA) is 36.3 Å². The van der Waals surface area contributed by atoms with Crippen molar-refractivity contribution < 1.29 is 4.74 Å². The molecule has 2 rings (SSSR count). The molecule has 18 heavy (non-hydrogen) atoms. The number of nitrogens with zero attached hydrogens (tertiary/aromatic N) is 2. The van der Waals surface area contributed by atoms with E-state index in [2.05, 4.69) is 17.9 Å². The molecule has 0 amide bonds. The van der Waals surface area contributed by atoms with Gasteiger partial charge < -0.3 is 4.74 Å². The largest absolute Gasteiger partial charge is 0.384 e. The normalized spacial score (nSPS) is 38.3. The van der Waals surface area contributed by atoms with Gasteiger partial charge in [0.2, 0.25) is 0 Å². The minimum Gasteiger partial charge on any atom is -0.384 e. The quantitative estimate of drug-likeness (QED) is 0.772. The van der Waals surface area contributed by atoms with E-state index >= 15 is 0 Å². The van der Waals surface area contributed by atoms with Crippen molar-refractivity contribution in [2.75, 3.05) is 26.8 Å². The smallest absolute Gasteiger partial charge is 0.0672 e. The molecule has 1 aliphatic heterocycles. The number of hydrogen-bond acceptors (Lipinski definition) is 3. The third kappa shape index (κ3) is 3.24. The Labute approximate surface area is 111 Å². The van der Waals surface area contributed by atoms with E-state index in [1.807, 2.05) is 0 Å². The fraction of sp³-hybridized carbons (Fsp3) is 0.933. The lowest BCUT2D eigenvalue weighted by atomic mass is 9.78. The van der Waals surface area contributed by atoms with Crippen LogP contribution in [0.1, 0.15) is 39.0 Å². The van der Waals surface area contributed by atoms with E-state index in [-0.39, 0.29) is 5.92 Å². The number of methoxy groups -OCH3 is 1. The van der Waals surface area contributed by atoms with Gasteiger partial charge in [0.1, 0.15) is 0 Å². The molecule has 0 aromatic heterocycles. The molecule has 0 radical (unpaired) electrons. The Hall–Kier alpha value is -0.590. The van der Waals surface area contributed by atoms with E-state index in [1.54, 1.807) is 7.11 Å². The molecule has 0 bridgehead atoms. The summed E-state index contributed by atoms with van der Waals surface area (Å²) in [7, 11) is 1.79. The maximum atomic E-state index is 9.35. The van der Waals surface area contributed by atoms with Crippen LogP contribution in [0, 0.1) is 29.1 Å². The Balaban J connectivity index is 1.97. The van der Waals surface area contributed by atoms with Gasteiger partial charge in [0.05, 0.1) is 18.6 Å². The van der Waals surface area contributed by atoms with Gasteiger partial charge in [-0.05, 0) is 50.5 Å². The second-order valence-electron chi connectivity index (χ2n) is 6.18. The fourth-order valence-corrected chi connectivity index (χ4v) is 3.68. The van der Waals surface area contributed by atoms with Crippen LogP contribution in [-0.4, -0.2) is 37.7 Å². The zero-order valence-electron chi connectivity index (χ0n) is 11.8. The third-order valence-electron chi connectivity index (χ3n) is 4.67. The molecule has 1 heterocycles. The van der Waals surface area contributed by atoms with E-state index in [0.717, 1.165) is 25.5 Å². The van der Waals surface area contributed by atoms with Gasteiger partial charge in [-0.25, -0.2) is 0 Å². The monoisotopic (exact) mass is 250 g/mol. The van der Waals surface area contributed by atoms with Crippen molar-refractivity contribution in [3.63, 3.8) is 0 Å². The molecule has 3 nitrogen and oxygen atoms in total. The Bertz CT molecular complexity index is 297. The minimum absolute atomic E-state index is 0.252. The molecule has 1 aliphatic carbocycles. The lowest BCUT2D eigenvalue weighted by molar-refractivity contribution is 0.0367. The van der Waals surface area contributed by atoms with Crippen molar-refractivity contribution in [2.45, 2.75) is 45.1 Å². The molecule has 2 fully saturated rings. The average Bonchev–Trinajstić information content (AvgIpc) is 2.39. The zero-order valence-corrected chi connectivity index (χ0v) is 11.8. The number of ether oxygens (including phenoxy) is 1. The highest BCUT2D eigenvalue weighted by molar-refractivity contribution is 4.98. The van der Waals surface area contributed by atoms with Crippen molar-refractivity contribution in [2.24, 2.45) is 17.8 Å². The Kier molecular flexibility index (Phi) is 5.03. The highest BCUT2D eigenvalue weighted by Crippen LogP contribution is 2.34. The van der Waals surface area contributed by atoms with Crippen LogP contribution in [0.25, 0.3) is 0 Å². The molecular weight excluding hydrogens is 224 g/mol. The summed E-state index contributed by atoms with van der Waals surface area (Å²) < 4.78 is 5.30. The summed E-state index contributed by atoms with van der Waals surface area (Å²) >= 11 is 0. The highest BCUT2D eigenvalue weighted by Gasteiger charge is 2.35. The van der Waals surface area contributed by atoms with Crippen molar-refractivity contribution in [3.8, 4) is 6.07 Å². The summed E-state index contributed by atoms with van der Waals surface area (Å²) in [5, 5.41) is 9.35. The summed E-state index contributed by atoms with van der Waals surface area (Å²) in [5.41, 5.74) is 0. The molecule has 0 spiro atoms. The molecule has 4 atom stereocenters. The molecular formula is C15H26N2O. The average molecular weight is 250 g/mol. The number of piperidine rings is 1. The first kappa shape index (κ1) is 13.8. The standard InChI is InChI=1S/C15H26N2O/c1-12-5-6-14(9-16)15(8-12)17-7-3-4-13(10-17)11-18-2/h12-15H,3-8,10-11H2,1-2H3. The van der Waals surface area contributed by atoms with Crippen LogP contribution >= 0.6 is 0 Å². The first-order valence-electron chi connectivity index (χ1n) is 7.37. The van der Waals surface area contributed by atoms with Crippen molar-refractivity contribution in [1.82, 2.24) is 4.90 Å². The van der Waals surface area contributed by atoms with Crippen LogP contribution in [0.15, 0.2) is 0 Å². The molecule has 1 saturated heterocycles. The SMILES string of the molecule is COCC1CCCN(C2CC(C)CCC2C#N)C1. The summed E-state index contributed by atoms with van der Waals surface area (Å²) in [6, 6.07) is 3.04. The lowest BCUT2D eigenvalue weighted by Crippen LogP contribution is -2.48. The van der Waals surface area contributed by atoms with Crippen LogP contribution < -0.4 is 0 Å². The van der Waals surface area contributed by atoms with Crippen LogP contribution in [0.4, 0.5) is 0 Å². The van der Waals surface area contributed by atoms with E-state index in [1.165, 1.54) is 32.2 Å². The van der Waals surface area contributed by atoms with Crippen LogP contribution in [0.5, 0.6) is 0 Å². The van der Waals surface area contributed by atoms with Gasteiger partial charge in [0.25, 0.3) is 0 Å². The molecule has 4 unspecified atom stereocenters. The maximum absolute atomic E-state index is 9.35. The van der Waals surface area contributed by atoms with Gasteiger partial charge in [-0.2, -0.15) is 5.26 Å². The fourth-order valence-electron chi connectivity index (χ4n) is 3.68. The van der Waals surface area contributed by atoms with Crippen molar-refractivity contribution in [1.29, 1.82) is 5.26 Å². The maximum Gasteiger partial charge on any atom is 0.0672 e. The van der Waals surface area contributed by atoms with Crippen LogP contribution in [0.2, 0.25) is 0 Å². The number of likely N-dealkylation sites (tertiary alicyclic amines) is 1. The summed E-state index contributed by atoms with van der Waals surface area (Å²) in [4.78, 5) is 2.58. The Morgan fingerprint density at radius 1 is 1.33 bits per heavy atom. The van der Waals surface area contributed by atoms with E-state index in [4.69, 9.17) is 4.74 Å². The molecule has 0 aromatic rings. The van der Waals surface area contributed by atoms with Gasteiger partial charge in [-0.1, -0.05) is 6.92 Å². The number of nitriles is 1. The second kappa shape index (κ2) is 6.54. The summed E-state index contributed by atoms with van der Waals surface area (Å²) in [6.45, 7) is 5.51. The Morgan fingerprint density at radius 3 is 2.89 bits per heavy atom. The molecule has 102 valence electrons. The van der Waals surface area contributed by atoms with Gasteiger partial charge >= 0.3 is 0 Å². The number of rotatable bonds is 3. The lowest BCUT2D eigenvalue weighted by Gasteiger charge is -2.43. The van der Waals surface area contributed by atoms with Crippen LogP contribution in [0.3, 0.4) is 0 Å². The highest BCUT2D eigenvalue weighted by atomic mass is 16.5. The van der Waals surface area contributed by atoms with Crippen molar-refractivity contribution >= 4 is 0 Å². The first-order valence-corrected chi connectivity index (χ1v) is 7.37. The summed E-state index contributed by atoms with van der Waals surface area (Å²) in [6.07, 6.45) is 6.07. The Morgan fingerprint density at radius 2 is 2.17 bits per heavy atom. The zero-order chi connectivity index (χ0) is 13.0. The van der Waals surface area contributed by atoms with Crippen molar-refractivity contribution in [3.05, 3.63) is 0 Å². The van der Waals surface area contributed by atoms with Gasteiger partial charge in [-0.15, -0.1) is 0 Å². The molecule has 3 heteroatoms.